The molecule has 0 atom stereocenters. The predicted octanol–water partition coefficient (Wildman–Crippen LogP) is 5.51. The molecule has 0 aliphatic carbocycles. The first-order chi connectivity index (χ1) is 13.2. The topological polar surface area (TPSA) is 30.7 Å². The van der Waals surface area contributed by atoms with E-state index in [-0.39, 0.29) is 5.82 Å². The van der Waals surface area contributed by atoms with Crippen molar-refractivity contribution < 1.29 is 4.39 Å². The van der Waals surface area contributed by atoms with Crippen molar-refractivity contribution in [1.82, 2.24) is 14.8 Å². The van der Waals surface area contributed by atoms with Gasteiger partial charge in [-0.2, -0.15) is 5.10 Å². The second-order valence-electron chi connectivity index (χ2n) is 6.23. The molecular weight excluding hydrogens is 361 g/mol. The van der Waals surface area contributed by atoms with Gasteiger partial charge in [0.05, 0.1) is 16.4 Å². The van der Waals surface area contributed by atoms with Gasteiger partial charge in [0.1, 0.15) is 11.5 Å². The van der Waals surface area contributed by atoms with Gasteiger partial charge in [0.2, 0.25) is 0 Å². The average molecular weight is 378 g/mol. The van der Waals surface area contributed by atoms with Gasteiger partial charge in [0, 0.05) is 11.9 Å². The van der Waals surface area contributed by atoms with Crippen LogP contribution in [0.2, 0.25) is 5.02 Å². The summed E-state index contributed by atoms with van der Waals surface area (Å²) in [6.45, 7) is 0. The maximum atomic E-state index is 13.1. The fraction of sp³-hybridized carbons (Fsp3) is 0.0909. The number of hydrogen-bond acceptors (Lipinski definition) is 2. The molecule has 5 heteroatoms. The Kier molecular flexibility index (Phi) is 4.99. The van der Waals surface area contributed by atoms with Gasteiger partial charge in [0.15, 0.2) is 0 Å². The molecule has 0 aliphatic heterocycles. The quantitative estimate of drug-likeness (QED) is 0.459. The minimum atomic E-state index is -0.225. The molecule has 0 saturated heterocycles. The molecule has 0 bridgehead atoms. The zero-order valence-electron chi connectivity index (χ0n) is 14.5. The lowest BCUT2D eigenvalue weighted by Crippen LogP contribution is -2.04. The fourth-order valence-corrected chi connectivity index (χ4v) is 3.21. The van der Waals surface area contributed by atoms with Gasteiger partial charge >= 0.3 is 0 Å². The Morgan fingerprint density at radius 2 is 1.63 bits per heavy atom. The lowest BCUT2D eigenvalue weighted by atomic mass is 10.1. The highest BCUT2D eigenvalue weighted by atomic mass is 35.5. The lowest BCUT2D eigenvalue weighted by Gasteiger charge is -2.09. The highest BCUT2D eigenvalue weighted by Gasteiger charge is 2.14. The number of nitrogens with zero attached hydrogens (tertiary/aromatic N) is 3. The fourth-order valence-electron chi connectivity index (χ4n) is 2.99. The number of rotatable bonds is 5. The molecular formula is C22H17ClFN3. The van der Waals surface area contributed by atoms with Crippen molar-refractivity contribution in [2.75, 3.05) is 0 Å². The van der Waals surface area contributed by atoms with Crippen LogP contribution in [0.3, 0.4) is 0 Å². The van der Waals surface area contributed by atoms with Crippen molar-refractivity contribution in [3.8, 4) is 17.1 Å². The van der Waals surface area contributed by atoms with E-state index in [1.54, 1.807) is 6.20 Å². The van der Waals surface area contributed by atoms with Gasteiger partial charge in [-0.3, -0.25) is 4.98 Å². The molecule has 0 amide bonds. The van der Waals surface area contributed by atoms with E-state index in [2.05, 4.69) is 4.98 Å². The number of halogens is 2. The maximum absolute atomic E-state index is 13.1. The van der Waals surface area contributed by atoms with Gasteiger partial charge in [-0.1, -0.05) is 41.9 Å². The Labute approximate surface area is 162 Å². The van der Waals surface area contributed by atoms with E-state index in [1.807, 2.05) is 65.3 Å². The van der Waals surface area contributed by atoms with Crippen LogP contribution in [0.15, 0.2) is 79.0 Å². The van der Waals surface area contributed by atoms with Crippen molar-refractivity contribution in [2.24, 2.45) is 0 Å². The normalized spacial score (nSPS) is 10.9. The van der Waals surface area contributed by atoms with E-state index in [1.165, 1.54) is 12.1 Å². The largest absolute Gasteiger partial charge is 0.255 e. The summed E-state index contributed by atoms with van der Waals surface area (Å²) in [4.78, 5) is 4.40. The van der Waals surface area contributed by atoms with E-state index in [4.69, 9.17) is 16.7 Å². The van der Waals surface area contributed by atoms with E-state index in [0.29, 0.717) is 5.02 Å². The molecule has 0 radical (unpaired) electrons. The summed E-state index contributed by atoms with van der Waals surface area (Å²) in [6, 6.07) is 22.0. The number of hydrogen-bond donors (Lipinski definition) is 0. The molecule has 27 heavy (non-hydrogen) atoms. The van der Waals surface area contributed by atoms with Crippen LogP contribution in [0, 0.1) is 5.82 Å². The Bertz CT molecular complexity index is 1040. The van der Waals surface area contributed by atoms with Crippen LogP contribution in [0.1, 0.15) is 11.3 Å². The second-order valence-corrected chi connectivity index (χ2v) is 6.63. The third-order valence-electron chi connectivity index (χ3n) is 4.37. The van der Waals surface area contributed by atoms with Crippen LogP contribution >= 0.6 is 11.6 Å². The molecule has 134 valence electrons. The first-order valence-corrected chi connectivity index (χ1v) is 9.08. The van der Waals surface area contributed by atoms with Gasteiger partial charge in [-0.05, 0) is 60.9 Å². The highest BCUT2D eigenvalue weighted by Crippen LogP contribution is 2.25. The number of benzene rings is 2. The molecule has 3 nitrogen and oxygen atoms in total. The molecule has 0 N–H and O–H groups in total. The van der Waals surface area contributed by atoms with Crippen LogP contribution < -0.4 is 0 Å². The molecule has 0 spiro atoms. The van der Waals surface area contributed by atoms with Gasteiger partial charge in [-0.25, -0.2) is 9.07 Å². The maximum Gasteiger partial charge on any atom is 0.123 e. The third-order valence-corrected chi connectivity index (χ3v) is 4.69. The van der Waals surface area contributed by atoms with Crippen LogP contribution in [0.25, 0.3) is 17.1 Å². The van der Waals surface area contributed by atoms with Gasteiger partial charge < -0.3 is 0 Å². The molecule has 2 heterocycles. The van der Waals surface area contributed by atoms with E-state index >= 15 is 0 Å². The monoisotopic (exact) mass is 377 g/mol. The van der Waals surface area contributed by atoms with Crippen LogP contribution in [0.5, 0.6) is 0 Å². The summed E-state index contributed by atoms with van der Waals surface area (Å²) >= 11 is 6.40. The highest BCUT2D eigenvalue weighted by molar-refractivity contribution is 6.32. The van der Waals surface area contributed by atoms with E-state index in [9.17, 15) is 4.39 Å². The molecule has 0 unspecified atom stereocenters. The minimum Gasteiger partial charge on any atom is -0.255 e. The van der Waals surface area contributed by atoms with Crippen molar-refractivity contribution in [3.63, 3.8) is 0 Å². The van der Waals surface area contributed by atoms with Crippen molar-refractivity contribution >= 4 is 11.6 Å². The Morgan fingerprint density at radius 3 is 2.37 bits per heavy atom. The van der Waals surface area contributed by atoms with E-state index < -0.39 is 0 Å². The van der Waals surface area contributed by atoms with Crippen molar-refractivity contribution in [1.29, 1.82) is 0 Å². The molecule has 0 fully saturated rings. The second kappa shape index (κ2) is 7.72. The first-order valence-electron chi connectivity index (χ1n) is 8.70. The van der Waals surface area contributed by atoms with E-state index in [0.717, 1.165) is 41.2 Å². The number of para-hydroxylation sites is 1. The molecule has 2 aromatic carbocycles. The van der Waals surface area contributed by atoms with Gasteiger partial charge in [-0.15, -0.1) is 0 Å². The summed E-state index contributed by atoms with van der Waals surface area (Å²) in [6.07, 6.45) is 3.27. The molecule has 0 saturated carbocycles. The van der Waals surface area contributed by atoms with Gasteiger partial charge in [0.25, 0.3) is 0 Å². The zero-order valence-corrected chi connectivity index (χ0v) is 15.3. The average Bonchev–Trinajstić information content (AvgIpc) is 3.13. The number of pyridine rings is 1. The summed E-state index contributed by atoms with van der Waals surface area (Å²) in [7, 11) is 0. The SMILES string of the molecule is Fc1ccc(CCc2cc(-c3ccccn3)nn2-c2ccccc2Cl)cc1. The number of aromatic nitrogens is 3. The molecule has 2 aromatic heterocycles. The van der Waals surface area contributed by atoms with Crippen LogP contribution in [0.4, 0.5) is 4.39 Å². The Balaban J connectivity index is 1.71. The summed E-state index contributed by atoms with van der Waals surface area (Å²) in [5, 5.41) is 5.38. The van der Waals surface area contributed by atoms with Crippen molar-refractivity contribution in [3.05, 3.63) is 101 Å². The smallest absolute Gasteiger partial charge is 0.123 e. The summed E-state index contributed by atoms with van der Waals surface area (Å²) < 4.78 is 15.0. The molecule has 4 aromatic rings. The van der Waals surface area contributed by atoms with Crippen LogP contribution in [-0.4, -0.2) is 14.8 Å². The Hall–Kier alpha value is -2.98. The molecule has 0 aliphatic rings. The van der Waals surface area contributed by atoms with Crippen LogP contribution in [-0.2, 0) is 12.8 Å². The molecule has 4 rings (SSSR count). The Morgan fingerprint density at radius 1 is 0.852 bits per heavy atom. The summed E-state index contributed by atoms with van der Waals surface area (Å²) in [5.74, 6) is -0.225. The first kappa shape index (κ1) is 17.4. The standard InChI is InChI=1S/C22H17ClFN3/c23-19-5-1-2-7-22(19)27-18(13-10-16-8-11-17(24)12-9-16)15-21(26-27)20-6-3-4-14-25-20/h1-9,11-12,14-15H,10,13H2. The zero-order chi connectivity index (χ0) is 18.6. The third kappa shape index (κ3) is 3.91. The van der Waals surface area contributed by atoms with Crippen molar-refractivity contribution in [2.45, 2.75) is 12.8 Å². The summed E-state index contributed by atoms with van der Waals surface area (Å²) in [5.41, 5.74) is 4.53. The predicted molar refractivity (Wildman–Crippen MR) is 106 cm³/mol. The number of aryl methyl sites for hydroxylation is 2. The minimum absolute atomic E-state index is 0.225. The lowest BCUT2D eigenvalue weighted by molar-refractivity contribution is 0.627.